The standard InChI is InChI=1S/C17H21ClN2/c1-11(2)7-14-9-13(5-6-19)15(8-12(3)4)16(10-20)17(14)18/h9,11-12H,5,7-8H2,1-4H3. The van der Waals surface area contributed by atoms with Gasteiger partial charge < -0.3 is 0 Å². The molecule has 0 radical (unpaired) electrons. The lowest BCUT2D eigenvalue weighted by Crippen LogP contribution is -2.07. The third-order valence-electron chi connectivity index (χ3n) is 3.16. The van der Waals surface area contributed by atoms with E-state index in [1.54, 1.807) is 0 Å². The maximum atomic E-state index is 9.45. The van der Waals surface area contributed by atoms with Crippen LogP contribution < -0.4 is 0 Å². The summed E-state index contributed by atoms with van der Waals surface area (Å²) in [5.41, 5.74) is 3.44. The summed E-state index contributed by atoms with van der Waals surface area (Å²) in [5.74, 6) is 0.886. The van der Waals surface area contributed by atoms with Crippen molar-refractivity contribution in [1.82, 2.24) is 0 Å². The minimum atomic E-state index is 0.332. The largest absolute Gasteiger partial charge is 0.198 e. The first-order chi connectivity index (χ1) is 9.40. The van der Waals surface area contributed by atoms with Crippen LogP contribution in [0.2, 0.25) is 5.02 Å². The SMILES string of the molecule is CC(C)Cc1cc(CC#N)c(CC(C)C)c(C#N)c1Cl. The lowest BCUT2D eigenvalue weighted by molar-refractivity contribution is 0.636. The van der Waals surface area contributed by atoms with Crippen LogP contribution >= 0.6 is 11.6 Å². The van der Waals surface area contributed by atoms with Gasteiger partial charge in [-0.15, -0.1) is 0 Å². The second-order valence-corrected chi connectivity index (χ2v) is 6.38. The smallest absolute Gasteiger partial charge is 0.101 e. The molecule has 0 saturated heterocycles. The van der Waals surface area contributed by atoms with Gasteiger partial charge in [0.25, 0.3) is 0 Å². The number of rotatable bonds is 5. The zero-order valence-corrected chi connectivity index (χ0v) is 13.4. The number of halogens is 1. The van der Waals surface area contributed by atoms with E-state index in [-0.39, 0.29) is 0 Å². The first kappa shape index (κ1) is 16.5. The normalized spacial score (nSPS) is 10.7. The second-order valence-electron chi connectivity index (χ2n) is 6.00. The van der Waals surface area contributed by atoms with E-state index in [4.69, 9.17) is 16.9 Å². The number of benzene rings is 1. The van der Waals surface area contributed by atoms with E-state index in [0.29, 0.717) is 28.8 Å². The lowest BCUT2D eigenvalue weighted by Gasteiger charge is -2.17. The molecule has 0 aromatic heterocycles. The van der Waals surface area contributed by atoms with Gasteiger partial charge in [-0.25, -0.2) is 0 Å². The van der Waals surface area contributed by atoms with Gasteiger partial charge in [0.2, 0.25) is 0 Å². The Morgan fingerprint density at radius 1 is 1.05 bits per heavy atom. The molecule has 106 valence electrons. The molecule has 3 heteroatoms. The van der Waals surface area contributed by atoms with Crippen LogP contribution in [0.4, 0.5) is 0 Å². The molecular weight excluding hydrogens is 268 g/mol. The van der Waals surface area contributed by atoms with Gasteiger partial charge >= 0.3 is 0 Å². The van der Waals surface area contributed by atoms with Crippen LogP contribution in [0.5, 0.6) is 0 Å². The van der Waals surface area contributed by atoms with Crippen molar-refractivity contribution < 1.29 is 0 Å². The fourth-order valence-corrected chi connectivity index (χ4v) is 2.69. The van der Waals surface area contributed by atoms with Crippen molar-refractivity contribution in [2.24, 2.45) is 11.8 Å². The Hall–Kier alpha value is -1.51. The molecule has 0 amide bonds. The highest BCUT2D eigenvalue weighted by Gasteiger charge is 2.18. The number of nitriles is 2. The van der Waals surface area contributed by atoms with Gasteiger partial charge in [-0.3, -0.25) is 0 Å². The molecule has 0 unspecified atom stereocenters. The Kier molecular flexibility index (Phi) is 6.05. The Morgan fingerprint density at radius 3 is 2.10 bits per heavy atom. The number of nitrogens with zero attached hydrogens (tertiary/aromatic N) is 2. The van der Waals surface area contributed by atoms with Crippen molar-refractivity contribution >= 4 is 11.6 Å². The molecule has 0 spiro atoms. The van der Waals surface area contributed by atoms with E-state index in [2.05, 4.69) is 39.8 Å². The summed E-state index contributed by atoms with van der Waals surface area (Å²) < 4.78 is 0. The molecule has 0 aliphatic heterocycles. The molecule has 1 rings (SSSR count). The minimum Gasteiger partial charge on any atom is -0.198 e. The van der Waals surface area contributed by atoms with Crippen molar-refractivity contribution in [3.8, 4) is 12.1 Å². The van der Waals surface area contributed by atoms with Crippen LogP contribution in [0, 0.1) is 34.5 Å². The van der Waals surface area contributed by atoms with Gasteiger partial charge in [0.15, 0.2) is 0 Å². The monoisotopic (exact) mass is 288 g/mol. The average molecular weight is 289 g/mol. The fraction of sp³-hybridized carbons (Fsp3) is 0.529. The first-order valence-electron chi connectivity index (χ1n) is 7.00. The quantitative estimate of drug-likeness (QED) is 0.790. The van der Waals surface area contributed by atoms with Crippen LogP contribution in [0.25, 0.3) is 0 Å². The van der Waals surface area contributed by atoms with Crippen molar-refractivity contribution in [3.63, 3.8) is 0 Å². The van der Waals surface area contributed by atoms with Crippen LogP contribution in [0.3, 0.4) is 0 Å². The molecular formula is C17H21ClN2. The third kappa shape index (κ3) is 3.99. The summed E-state index contributed by atoms with van der Waals surface area (Å²) in [6, 6.07) is 6.45. The van der Waals surface area contributed by atoms with Gasteiger partial charge in [0, 0.05) is 0 Å². The highest BCUT2D eigenvalue weighted by molar-refractivity contribution is 6.32. The summed E-state index contributed by atoms with van der Waals surface area (Å²) in [6.07, 6.45) is 1.94. The Labute approximate surface area is 127 Å². The molecule has 0 fully saturated rings. The zero-order valence-electron chi connectivity index (χ0n) is 12.6. The van der Waals surface area contributed by atoms with Crippen molar-refractivity contribution in [2.75, 3.05) is 0 Å². The van der Waals surface area contributed by atoms with E-state index in [1.807, 2.05) is 6.07 Å². The predicted octanol–water partition coefficient (Wildman–Crippen LogP) is 4.67. The van der Waals surface area contributed by atoms with E-state index in [9.17, 15) is 5.26 Å². The fourth-order valence-electron chi connectivity index (χ4n) is 2.40. The molecule has 0 atom stereocenters. The number of hydrogen-bond donors (Lipinski definition) is 0. The Bertz CT molecular complexity index is 560. The van der Waals surface area contributed by atoms with Crippen molar-refractivity contribution in [1.29, 1.82) is 10.5 Å². The van der Waals surface area contributed by atoms with Crippen LogP contribution in [0.15, 0.2) is 6.07 Å². The van der Waals surface area contributed by atoms with E-state index < -0.39 is 0 Å². The Morgan fingerprint density at radius 2 is 1.65 bits per heavy atom. The summed E-state index contributed by atoms with van der Waals surface area (Å²) in [5, 5.41) is 19.0. The summed E-state index contributed by atoms with van der Waals surface area (Å²) >= 11 is 6.41. The van der Waals surface area contributed by atoms with E-state index >= 15 is 0 Å². The molecule has 2 nitrogen and oxygen atoms in total. The van der Waals surface area contributed by atoms with Crippen molar-refractivity contribution in [3.05, 3.63) is 33.3 Å². The van der Waals surface area contributed by atoms with Gasteiger partial charge in [-0.2, -0.15) is 10.5 Å². The number of hydrogen-bond acceptors (Lipinski definition) is 2. The summed E-state index contributed by atoms with van der Waals surface area (Å²) in [6.45, 7) is 8.45. The third-order valence-corrected chi connectivity index (χ3v) is 3.59. The predicted molar refractivity (Wildman–Crippen MR) is 82.6 cm³/mol. The van der Waals surface area contributed by atoms with Gasteiger partial charge in [-0.05, 0) is 41.4 Å². The molecule has 0 heterocycles. The van der Waals surface area contributed by atoms with Gasteiger partial charge in [0.1, 0.15) is 6.07 Å². The molecule has 1 aromatic rings. The molecule has 0 saturated carbocycles. The minimum absolute atomic E-state index is 0.332. The molecule has 20 heavy (non-hydrogen) atoms. The van der Waals surface area contributed by atoms with Gasteiger partial charge in [-0.1, -0.05) is 45.4 Å². The maximum absolute atomic E-state index is 9.45. The van der Waals surface area contributed by atoms with Crippen LogP contribution in [0.1, 0.15) is 49.9 Å². The summed E-state index contributed by atoms with van der Waals surface area (Å²) in [4.78, 5) is 0. The van der Waals surface area contributed by atoms with Gasteiger partial charge in [0.05, 0.1) is 23.1 Å². The molecule has 1 aromatic carbocycles. The molecule has 0 bridgehead atoms. The first-order valence-corrected chi connectivity index (χ1v) is 7.38. The topological polar surface area (TPSA) is 47.6 Å². The lowest BCUT2D eigenvalue weighted by atomic mass is 9.88. The highest BCUT2D eigenvalue weighted by Crippen LogP contribution is 2.31. The van der Waals surface area contributed by atoms with Crippen molar-refractivity contribution in [2.45, 2.75) is 47.0 Å². The maximum Gasteiger partial charge on any atom is 0.101 e. The zero-order chi connectivity index (χ0) is 15.3. The van der Waals surface area contributed by atoms with E-state index in [0.717, 1.165) is 29.5 Å². The highest BCUT2D eigenvalue weighted by atomic mass is 35.5. The molecule has 0 aliphatic rings. The second kappa shape index (κ2) is 7.32. The summed E-state index contributed by atoms with van der Waals surface area (Å²) in [7, 11) is 0. The molecule has 0 N–H and O–H groups in total. The van der Waals surface area contributed by atoms with Crippen LogP contribution in [-0.4, -0.2) is 0 Å². The van der Waals surface area contributed by atoms with Crippen LogP contribution in [-0.2, 0) is 19.3 Å². The molecule has 0 aliphatic carbocycles. The van der Waals surface area contributed by atoms with E-state index in [1.165, 1.54) is 0 Å². The average Bonchev–Trinajstić information content (AvgIpc) is 2.34. The Balaban J connectivity index is 3.46.